The molecule has 0 saturated heterocycles. The minimum Gasteiger partial charge on any atom is -0.496 e. The highest BCUT2D eigenvalue weighted by Gasteiger charge is 2.37. The first-order chi connectivity index (χ1) is 13.4. The van der Waals surface area contributed by atoms with Gasteiger partial charge in [0.1, 0.15) is 5.75 Å². The predicted octanol–water partition coefficient (Wildman–Crippen LogP) is 4.36. The first kappa shape index (κ1) is 19.2. The van der Waals surface area contributed by atoms with E-state index in [0.29, 0.717) is 18.8 Å². The number of aryl methyl sites for hydroxylation is 1. The van der Waals surface area contributed by atoms with Crippen LogP contribution in [-0.4, -0.2) is 30.9 Å². The second-order valence-electron chi connectivity index (χ2n) is 6.83. The van der Waals surface area contributed by atoms with Crippen molar-refractivity contribution in [2.24, 2.45) is 0 Å². The molecular formula is C21H21BrN2O3S. The van der Waals surface area contributed by atoms with Gasteiger partial charge in [-0.2, -0.15) is 4.31 Å². The van der Waals surface area contributed by atoms with Crippen molar-refractivity contribution >= 4 is 26.0 Å². The second kappa shape index (κ2) is 7.39. The maximum Gasteiger partial charge on any atom is 0.244 e. The van der Waals surface area contributed by atoms with E-state index in [-0.39, 0.29) is 10.9 Å². The van der Waals surface area contributed by atoms with Gasteiger partial charge in [-0.1, -0.05) is 28.1 Å². The maximum atomic E-state index is 13.6. The summed E-state index contributed by atoms with van der Waals surface area (Å²) in [5, 5.41) is 0. The van der Waals surface area contributed by atoms with Gasteiger partial charge in [0.15, 0.2) is 0 Å². The summed E-state index contributed by atoms with van der Waals surface area (Å²) in [6, 6.07) is 16.4. The fraction of sp³-hybridized carbons (Fsp3) is 0.238. The van der Waals surface area contributed by atoms with Crippen LogP contribution in [-0.2, 0) is 16.6 Å². The highest BCUT2D eigenvalue weighted by Crippen LogP contribution is 2.37. The van der Waals surface area contributed by atoms with Gasteiger partial charge in [0, 0.05) is 29.5 Å². The Balaban J connectivity index is 1.82. The van der Waals surface area contributed by atoms with E-state index in [4.69, 9.17) is 4.74 Å². The van der Waals surface area contributed by atoms with Crippen molar-refractivity contribution in [2.45, 2.75) is 24.4 Å². The molecule has 7 heteroatoms. The lowest BCUT2D eigenvalue weighted by Crippen LogP contribution is -2.42. The molecule has 0 aliphatic carbocycles. The van der Waals surface area contributed by atoms with Gasteiger partial charge in [-0.05, 0) is 60.5 Å². The summed E-state index contributed by atoms with van der Waals surface area (Å²) in [5.41, 5.74) is 2.71. The molecule has 1 aliphatic rings. The summed E-state index contributed by atoms with van der Waals surface area (Å²) in [7, 11) is -2.10. The van der Waals surface area contributed by atoms with Gasteiger partial charge in [-0.3, -0.25) is 0 Å². The molecule has 1 aliphatic heterocycles. The fourth-order valence-corrected chi connectivity index (χ4v) is 5.68. The van der Waals surface area contributed by atoms with E-state index in [1.54, 1.807) is 29.6 Å². The summed E-state index contributed by atoms with van der Waals surface area (Å²) >= 11 is 3.46. The predicted molar refractivity (Wildman–Crippen MR) is 112 cm³/mol. The van der Waals surface area contributed by atoms with Crippen molar-refractivity contribution in [3.8, 4) is 5.75 Å². The Hall–Kier alpha value is -2.09. The lowest BCUT2D eigenvalue weighted by Gasteiger charge is -2.36. The molecule has 1 aromatic heterocycles. The van der Waals surface area contributed by atoms with Crippen LogP contribution in [0, 0.1) is 6.92 Å². The Bertz CT molecular complexity index is 1110. The topological polar surface area (TPSA) is 51.5 Å². The summed E-state index contributed by atoms with van der Waals surface area (Å²) in [6.45, 7) is 2.89. The molecule has 3 aromatic rings. The first-order valence-corrected chi connectivity index (χ1v) is 11.2. The van der Waals surface area contributed by atoms with Crippen LogP contribution in [0.4, 0.5) is 0 Å². The van der Waals surface area contributed by atoms with Crippen LogP contribution in [0.5, 0.6) is 5.75 Å². The van der Waals surface area contributed by atoms with E-state index in [1.165, 1.54) is 0 Å². The number of ether oxygens (including phenoxy) is 1. The van der Waals surface area contributed by atoms with Gasteiger partial charge in [0.2, 0.25) is 10.0 Å². The van der Waals surface area contributed by atoms with E-state index in [9.17, 15) is 8.42 Å². The number of hydrogen-bond donors (Lipinski definition) is 0. The molecule has 0 saturated carbocycles. The molecule has 28 heavy (non-hydrogen) atoms. The first-order valence-electron chi connectivity index (χ1n) is 8.99. The van der Waals surface area contributed by atoms with Gasteiger partial charge in [-0.15, -0.1) is 0 Å². The van der Waals surface area contributed by atoms with Gasteiger partial charge in [0.05, 0.1) is 18.0 Å². The Labute approximate surface area is 173 Å². The average Bonchev–Trinajstić information content (AvgIpc) is 3.16. The summed E-state index contributed by atoms with van der Waals surface area (Å²) < 4.78 is 37.1. The van der Waals surface area contributed by atoms with E-state index in [1.807, 2.05) is 49.5 Å². The van der Waals surface area contributed by atoms with Gasteiger partial charge >= 0.3 is 0 Å². The van der Waals surface area contributed by atoms with Crippen molar-refractivity contribution < 1.29 is 13.2 Å². The lowest BCUT2D eigenvalue weighted by atomic mass is 10.0. The van der Waals surface area contributed by atoms with E-state index >= 15 is 0 Å². The molecule has 5 nitrogen and oxygen atoms in total. The van der Waals surface area contributed by atoms with Crippen molar-refractivity contribution in [1.82, 2.24) is 8.87 Å². The highest BCUT2D eigenvalue weighted by atomic mass is 79.9. The van der Waals surface area contributed by atoms with Crippen molar-refractivity contribution in [2.75, 3.05) is 13.7 Å². The average molecular weight is 461 g/mol. The molecule has 0 radical (unpaired) electrons. The Kier molecular flexibility index (Phi) is 5.07. The Morgan fingerprint density at radius 1 is 1.07 bits per heavy atom. The maximum absolute atomic E-state index is 13.6. The molecule has 2 heterocycles. The van der Waals surface area contributed by atoms with Crippen LogP contribution in [0.25, 0.3) is 0 Å². The van der Waals surface area contributed by atoms with Gasteiger partial charge in [-0.25, -0.2) is 8.42 Å². The number of fused-ring (bicyclic) bond motifs is 1. The molecule has 0 amide bonds. The summed E-state index contributed by atoms with van der Waals surface area (Å²) in [5.74, 6) is 0.677. The van der Waals surface area contributed by atoms with Gasteiger partial charge in [0.25, 0.3) is 0 Å². The summed E-state index contributed by atoms with van der Waals surface area (Å²) in [6.07, 6.45) is 2.00. The number of halogens is 1. The minimum absolute atomic E-state index is 0.285. The largest absolute Gasteiger partial charge is 0.496 e. The SMILES string of the molecule is COc1ccc(S(=O)(=O)N2CCn3cccc3C2c2ccc(Br)cc2)cc1C. The monoisotopic (exact) mass is 460 g/mol. The Morgan fingerprint density at radius 3 is 2.50 bits per heavy atom. The molecule has 0 bridgehead atoms. The minimum atomic E-state index is -3.68. The number of hydrogen-bond acceptors (Lipinski definition) is 3. The molecule has 4 rings (SSSR count). The van der Waals surface area contributed by atoms with Crippen LogP contribution in [0.15, 0.2) is 70.2 Å². The van der Waals surface area contributed by atoms with Crippen molar-refractivity contribution in [3.63, 3.8) is 0 Å². The third-order valence-electron chi connectivity index (χ3n) is 5.15. The van der Waals surface area contributed by atoms with E-state index in [2.05, 4.69) is 20.5 Å². The zero-order chi connectivity index (χ0) is 19.9. The Morgan fingerprint density at radius 2 is 1.82 bits per heavy atom. The molecule has 1 unspecified atom stereocenters. The molecule has 0 N–H and O–H groups in total. The second-order valence-corrected chi connectivity index (χ2v) is 9.63. The standard InChI is InChI=1S/C21H21BrN2O3S/c1-15-14-18(9-10-20(15)27-2)28(25,26)24-13-12-23-11-3-4-19(23)21(24)16-5-7-17(22)8-6-16/h3-11,14,21H,12-13H2,1-2H3. The molecular weight excluding hydrogens is 440 g/mol. The number of rotatable bonds is 4. The smallest absolute Gasteiger partial charge is 0.244 e. The third kappa shape index (κ3) is 3.27. The van der Waals surface area contributed by atoms with Crippen LogP contribution >= 0.6 is 15.9 Å². The number of methoxy groups -OCH3 is 1. The van der Waals surface area contributed by atoms with E-state index < -0.39 is 10.0 Å². The molecule has 0 spiro atoms. The van der Waals surface area contributed by atoms with Crippen LogP contribution in [0.2, 0.25) is 0 Å². The van der Waals surface area contributed by atoms with Crippen LogP contribution in [0.1, 0.15) is 22.9 Å². The van der Waals surface area contributed by atoms with Crippen molar-refractivity contribution in [1.29, 1.82) is 0 Å². The van der Waals surface area contributed by atoms with Crippen LogP contribution < -0.4 is 4.74 Å². The van der Waals surface area contributed by atoms with Crippen LogP contribution in [0.3, 0.4) is 0 Å². The van der Waals surface area contributed by atoms with Crippen molar-refractivity contribution in [3.05, 3.63) is 82.1 Å². The number of nitrogens with zero attached hydrogens (tertiary/aromatic N) is 2. The normalized spacial score (nSPS) is 17.3. The molecule has 0 fully saturated rings. The zero-order valence-corrected chi connectivity index (χ0v) is 18.1. The molecule has 146 valence electrons. The lowest BCUT2D eigenvalue weighted by molar-refractivity contribution is 0.298. The quantitative estimate of drug-likeness (QED) is 0.580. The highest BCUT2D eigenvalue weighted by molar-refractivity contribution is 9.10. The van der Waals surface area contributed by atoms with E-state index in [0.717, 1.165) is 21.3 Å². The molecule has 1 atom stereocenters. The van der Waals surface area contributed by atoms with Gasteiger partial charge < -0.3 is 9.30 Å². The summed E-state index contributed by atoms with van der Waals surface area (Å²) in [4.78, 5) is 0.285. The fourth-order valence-electron chi connectivity index (χ4n) is 3.75. The number of aromatic nitrogens is 1. The molecule has 2 aromatic carbocycles. The number of benzene rings is 2. The third-order valence-corrected chi connectivity index (χ3v) is 7.54. The number of sulfonamides is 1. The zero-order valence-electron chi connectivity index (χ0n) is 15.7.